The fraction of sp³-hybridized carbons (Fsp3) is 0.385. The second kappa shape index (κ2) is 8.51. The molecule has 0 spiro atoms. The van der Waals surface area contributed by atoms with E-state index in [1.807, 2.05) is 12.2 Å². The largest absolute Gasteiger partial charge is 0.454 e. The molecule has 0 atom stereocenters. The highest BCUT2D eigenvalue weighted by Gasteiger charge is 2.11. The average molecular weight is 295 g/mol. The van der Waals surface area contributed by atoms with Crippen LogP contribution in [0.5, 0.6) is 0 Å². The van der Waals surface area contributed by atoms with E-state index in [1.165, 1.54) is 12.3 Å². The van der Waals surface area contributed by atoms with E-state index in [9.17, 15) is 19.2 Å². The molecule has 1 aromatic rings. The lowest BCUT2D eigenvalue weighted by Crippen LogP contribution is -2.41. The van der Waals surface area contributed by atoms with Crippen molar-refractivity contribution >= 4 is 17.9 Å². The van der Waals surface area contributed by atoms with Crippen LogP contribution >= 0.6 is 0 Å². The quantitative estimate of drug-likeness (QED) is 0.696. The lowest BCUT2D eigenvalue weighted by atomic mass is 10.4. The summed E-state index contributed by atoms with van der Waals surface area (Å²) in [7, 11) is 0. The predicted octanol–water partition coefficient (Wildman–Crippen LogP) is -0.373. The number of imide groups is 1. The maximum absolute atomic E-state index is 11.5. The van der Waals surface area contributed by atoms with E-state index < -0.39 is 24.5 Å². The third-order valence-corrected chi connectivity index (χ3v) is 2.35. The number of hydrogen-bond donors (Lipinski definition) is 2. The highest BCUT2D eigenvalue weighted by Crippen LogP contribution is 1.87. The molecule has 21 heavy (non-hydrogen) atoms. The van der Waals surface area contributed by atoms with Gasteiger partial charge in [0, 0.05) is 18.8 Å². The van der Waals surface area contributed by atoms with Crippen molar-refractivity contribution in [3.05, 3.63) is 34.7 Å². The Hall–Kier alpha value is -2.64. The summed E-state index contributed by atoms with van der Waals surface area (Å²) in [6.07, 6.45) is 2.17. The Morgan fingerprint density at radius 1 is 1.29 bits per heavy atom. The normalized spacial score (nSPS) is 9.76. The van der Waals surface area contributed by atoms with Crippen LogP contribution in [-0.4, -0.2) is 35.6 Å². The number of urea groups is 1. The summed E-state index contributed by atoms with van der Waals surface area (Å²) in [5, 5.41) is 4.45. The van der Waals surface area contributed by atoms with Gasteiger partial charge in [0.05, 0.1) is 0 Å². The first-order chi connectivity index (χ1) is 10.0. The number of rotatable bonds is 6. The molecular weight excluding hydrogens is 278 g/mol. The van der Waals surface area contributed by atoms with Gasteiger partial charge in [0.2, 0.25) is 0 Å². The van der Waals surface area contributed by atoms with Gasteiger partial charge in [-0.25, -0.2) is 4.79 Å². The van der Waals surface area contributed by atoms with Gasteiger partial charge >= 0.3 is 12.0 Å². The lowest BCUT2D eigenvalue weighted by molar-refractivity contribution is -0.148. The van der Waals surface area contributed by atoms with Crippen LogP contribution in [0.3, 0.4) is 0 Å². The molecule has 0 aliphatic rings. The van der Waals surface area contributed by atoms with Crippen molar-refractivity contribution in [1.29, 1.82) is 0 Å². The van der Waals surface area contributed by atoms with Gasteiger partial charge in [0.25, 0.3) is 11.5 Å². The summed E-state index contributed by atoms with van der Waals surface area (Å²) in [6, 6.07) is 3.81. The first-order valence-electron chi connectivity index (χ1n) is 6.41. The molecule has 8 nitrogen and oxygen atoms in total. The summed E-state index contributed by atoms with van der Waals surface area (Å²) < 4.78 is 5.82. The summed E-state index contributed by atoms with van der Waals surface area (Å²) in [5.74, 6) is -1.48. The van der Waals surface area contributed by atoms with E-state index in [-0.39, 0.29) is 12.1 Å². The Labute approximate surface area is 121 Å². The van der Waals surface area contributed by atoms with Crippen LogP contribution in [0.15, 0.2) is 29.2 Å². The number of aromatic nitrogens is 1. The van der Waals surface area contributed by atoms with E-state index in [0.717, 1.165) is 11.0 Å². The minimum atomic E-state index is -0.743. The highest BCUT2D eigenvalue weighted by atomic mass is 16.5. The summed E-state index contributed by atoms with van der Waals surface area (Å²) >= 11 is 0. The van der Waals surface area contributed by atoms with Gasteiger partial charge in [0.15, 0.2) is 6.61 Å². The van der Waals surface area contributed by atoms with Crippen LogP contribution in [0.25, 0.3) is 0 Å². The zero-order valence-corrected chi connectivity index (χ0v) is 11.6. The van der Waals surface area contributed by atoms with Crippen LogP contribution in [0.1, 0.15) is 13.3 Å². The second-order valence-electron chi connectivity index (χ2n) is 4.13. The molecule has 0 saturated carbocycles. The van der Waals surface area contributed by atoms with Gasteiger partial charge in [-0.1, -0.05) is 13.0 Å². The van der Waals surface area contributed by atoms with Crippen LogP contribution in [0, 0.1) is 0 Å². The Kier molecular flexibility index (Phi) is 6.66. The lowest BCUT2D eigenvalue weighted by Gasteiger charge is -2.07. The van der Waals surface area contributed by atoms with Gasteiger partial charge in [0.1, 0.15) is 6.54 Å². The number of nitrogens with zero attached hydrogens (tertiary/aromatic N) is 1. The molecule has 114 valence electrons. The van der Waals surface area contributed by atoms with Crippen LogP contribution in [-0.2, 0) is 20.9 Å². The fourth-order valence-electron chi connectivity index (χ4n) is 1.37. The molecule has 0 fully saturated rings. The Morgan fingerprint density at radius 2 is 2.05 bits per heavy atom. The predicted molar refractivity (Wildman–Crippen MR) is 73.5 cm³/mol. The zero-order valence-electron chi connectivity index (χ0n) is 11.6. The number of ether oxygens (including phenoxy) is 1. The minimum absolute atomic E-state index is 0.297. The third kappa shape index (κ3) is 6.37. The Balaban J connectivity index is 2.33. The van der Waals surface area contributed by atoms with Gasteiger partial charge < -0.3 is 14.6 Å². The van der Waals surface area contributed by atoms with Gasteiger partial charge in [-0.2, -0.15) is 0 Å². The Morgan fingerprint density at radius 3 is 2.71 bits per heavy atom. The second-order valence-corrected chi connectivity index (χ2v) is 4.13. The van der Waals surface area contributed by atoms with Gasteiger partial charge in [-0.05, 0) is 12.5 Å². The monoisotopic (exact) mass is 295 g/mol. The van der Waals surface area contributed by atoms with Crippen molar-refractivity contribution in [1.82, 2.24) is 15.2 Å². The van der Waals surface area contributed by atoms with Crippen molar-refractivity contribution in [2.24, 2.45) is 0 Å². The molecule has 3 amide bonds. The van der Waals surface area contributed by atoms with E-state index in [2.05, 4.69) is 10.1 Å². The number of hydrogen-bond acceptors (Lipinski definition) is 5. The Bertz CT molecular complexity index is 567. The molecule has 0 aromatic carbocycles. The van der Waals surface area contributed by atoms with Crippen LogP contribution < -0.4 is 16.2 Å². The van der Waals surface area contributed by atoms with Crippen molar-refractivity contribution in [3.63, 3.8) is 0 Å². The zero-order chi connectivity index (χ0) is 15.7. The van der Waals surface area contributed by atoms with Gasteiger partial charge in [-0.15, -0.1) is 0 Å². The molecule has 1 heterocycles. The number of amides is 3. The minimum Gasteiger partial charge on any atom is -0.454 e. The molecule has 1 rings (SSSR count). The number of carbonyl (C=O) groups is 3. The highest BCUT2D eigenvalue weighted by molar-refractivity contribution is 5.95. The van der Waals surface area contributed by atoms with E-state index in [0.29, 0.717) is 6.54 Å². The third-order valence-electron chi connectivity index (χ3n) is 2.35. The molecule has 8 heteroatoms. The number of pyridine rings is 1. The number of nitrogens with one attached hydrogen (secondary N) is 2. The molecular formula is C13H17N3O5. The summed E-state index contributed by atoms with van der Waals surface area (Å²) in [5.41, 5.74) is -0.349. The maximum atomic E-state index is 11.5. The first-order valence-corrected chi connectivity index (χ1v) is 6.41. The van der Waals surface area contributed by atoms with Crippen molar-refractivity contribution in [2.45, 2.75) is 19.9 Å². The molecule has 0 radical (unpaired) electrons. The number of carbonyl (C=O) groups excluding carboxylic acids is 3. The molecule has 0 aliphatic carbocycles. The maximum Gasteiger partial charge on any atom is 0.326 e. The van der Waals surface area contributed by atoms with E-state index >= 15 is 0 Å². The fourth-order valence-corrected chi connectivity index (χ4v) is 1.37. The molecule has 0 bridgehead atoms. The van der Waals surface area contributed by atoms with Crippen molar-refractivity contribution in [3.8, 4) is 0 Å². The summed E-state index contributed by atoms with van der Waals surface area (Å²) in [4.78, 5) is 45.3. The molecule has 0 unspecified atom stereocenters. The topological polar surface area (TPSA) is 106 Å². The average Bonchev–Trinajstić information content (AvgIpc) is 2.45. The molecule has 1 aromatic heterocycles. The molecule has 2 N–H and O–H groups in total. The van der Waals surface area contributed by atoms with E-state index in [1.54, 1.807) is 12.1 Å². The first kappa shape index (κ1) is 16.4. The molecule has 0 aliphatic heterocycles. The smallest absolute Gasteiger partial charge is 0.326 e. The molecule has 0 saturated heterocycles. The van der Waals surface area contributed by atoms with Gasteiger partial charge in [-0.3, -0.25) is 19.7 Å². The van der Waals surface area contributed by atoms with Crippen LogP contribution in [0.2, 0.25) is 0 Å². The summed E-state index contributed by atoms with van der Waals surface area (Å²) in [6.45, 7) is 1.43. The SMILES string of the molecule is CCCNC(=O)NC(=O)COC(=O)Cn1ccccc1=O. The van der Waals surface area contributed by atoms with Crippen molar-refractivity contribution in [2.75, 3.05) is 13.2 Å². The van der Waals surface area contributed by atoms with Crippen molar-refractivity contribution < 1.29 is 19.1 Å². The standard InChI is InChI=1S/C13H17N3O5/c1-2-6-14-13(20)15-10(17)9-21-12(19)8-16-7-4-3-5-11(16)18/h3-5,7H,2,6,8-9H2,1H3,(H2,14,15,17,20). The van der Waals surface area contributed by atoms with E-state index in [4.69, 9.17) is 0 Å². The van der Waals surface area contributed by atoms with Crippen LogP contribution in [0.4, 0.5) is 4.79 Å². The number of esters is 1.